The third-order valence-corrected chi connectivity index (χ3v) is 2.51. The molecule has 2 heterocycles. The van der Waals surface area contributed by atoms with Crippen molar-refractivity contribution in [2.24, 2.45) is 0 Å². The van der Waals surface area contributed by atoms with E-state index in [0.717, 1.165) is 18.8 Å². The lowest BCUT2D eigenvalue weighted by Crippen LogP contribution is -2.24. The highest BCUT2D eigenvalue weighted by atomic mass is 16.5. The van der Waals surface area contributed by atoms with Gasteiger partial charge in [0.2, 0.25) is 0 Å². The fraction of sp³-hybridized carbons (Fsp3) is 0.556. The van der Waals surface area contributed by atoms with Gasteiger partial charge in [-0.1, -0.05) is 0 Å². The van der Waals surface area contributed by atoms with Crippen LogP contribution in [0.3, 0.4) is 0 Å². The Morgan fingerprint density at radius 2 is 2.57 bits per heavy atom. The summed E-state index contributed by atoms with van der Waals surface area (Å²) >= 11 is 0. The summed E-state index contributed by atoms with van der Waals surface area (Å²) in [7, 11) is 1.67. The molecular weight excluding hydrogens is 184 g/mol. The number of ether oxygens (including phenoxy) is 1. The van der Waals surface area contributed by atoms with Gasteiger partial charge in [0.15, 0.2) is 5.69 Å². The van der Waals surface area contributed by atoms with E-state index in [9.17, 15) is 4.79 Å². The van der Waals surface area contributed by atoms with Crippen molar-refractivity contribution in [3.05, 3.63) is 17.7 Å². The molecular formula is C9H12N2O3. The van der Waals surface area contributed by atoms with E-state index in [1.165, 1.54) is 0 Å². The molecule has 0 amide bonds. The van der Waals surface area contributed by atoms with Crippen molar-refractivity contribution < 1.29 is 14.6 Å². The predicted octanol–water partition coefficient (Wildman–Crippen LogP) is 0.543. The molecule has 5 heteroatoms. The first-order valence-corrected chi connectivity index (χ1v) is 4.53. The molecule has 0 unspecified atom stereocenters. The molecule has 1 aliphatic rings. The lowest BCUT2D eigenvalue weighted by Gasteiger charge is -2.21. The third kappa shape index (κ3) is 1.50. The summed E-state index contributed by atoms with van der Waals surface area (Å²) in [4.78, 5) is 14.7. The first-order valence-electron chi connectivity index (χ1n) is 4.53. The van der Waals surface area contributed by atoms with Gasteiger partial charge in [-0.25, -0.2) is 9.78 Å². The highest BCUT2D eigenvalue weighted by Crippen LogP contribution is 2.17. The fourth-order valence-corrected chi connectivity index (χ4v) is 1.70. The van der Waals surface area contributed by atoms with Gasteiger partial charge in [-0.05, 0) is 6.42 Å². The van der Waals surface area contributed by atoms with E-state index in [0.29, 0.717) is 6.42 Å². The second-order valence-corrected chi connectivity index (χ2v) is 3.39. The van der Waals surface area contributed by atoms with Crippen LogP contribution in [0.15, 0.2) is 6.20 Å². The van der Waals surface area contributed by atoms with E-state index in [1.807, 2.05) is 4.57 Å². The van der Waals surface area contributed by atoms with Gasteiger partial charge in [0.05, 0.1) is 6.10 Å². The summed E-state index contributed by atoms with van der Waals surface area (Å²) in [6.07, 6.45) is 3.37. The summed E-state index contributed by atoms with van der Waals surface area (Å²) < 4.78 is 7.10. The highest BCUT2D eigenvalue weighted by molar-refractivity contribution is 5.85. The standard InChI is InChI=1S/C9H12N2O3/c1-14-6-2-3-11-5-7(9(12)13)10-8(11)4-6/h5-6H,2-4H2,1H3,(H,12,13)/t6-/m1/s1. The van der Waals surface area contributed by atoms with Crippen LogP contribution in [0.2, 0.25) is 0 Å². The number of carboxylic acid groups (broad SMARTS) is 1. The van der Waals surface area contributed by atoms with Crippen LogP contribution in [0.25, 0.3) is 0 Å². The number of carboxylic acids is 1. The molecule has 0 bridgehead atoms. The Labute approximate surface area is 81.3 Å². The average molecular weight is 196 g/mol. The van der Waals surface area contributed by atoms with Crippen LogP contribution in [-0.2, 0) is 17.7 Å². The first-order chi connectivity index (χ1) is 6.70. The Morgan fingerprint density at radius 1 is 1.79 bits per heavy atom. The van der Waals surface area contributed by atoms with Gasteiger partial charge in [-0.3, -0.25) is 0 Å². The number of imidazole rings is 1. The zero-order chi connectivity index (χ0) is 10.1. The minimum atomic E-state index is -0.971. The van der Waals surface area contributed by atoms with Crippen molar-refractivity contribution in [3.8, 4) is 0 Å². The highest BCUT2D eigenvalue weighted by Gasteiger charge is 2.21. The lowest BCUT2D eigenvalue weighted by atomic mass is 10.1. The monoisotopic (exact) mass is 196 g/mol. The van der Waals surface area contributed by atoms with Gasteiger partial charge in [-0.15, -0.1) is 0 Å². The van der Waals surface area contributed by atoms with Gasteiger partial charge < -0.3 is 14.4 Å². The number of aromatic nitrogens is 2. The van der Waals surface area contributed by atoms with Crippen LogP contribution >= 0.6 is 0 Å². The van der Waals surface area contributed by atoms with Crippen LogP contribution < -0.4 is 0 Å². The number of hydrogen-bond acceptors (Lipinski definition) is 3. The van der Waals surface area contributed by atoms with Gasteiger partial charge in [-0.2, -0.15) is 0 Å². The second kappa shape index (κ2) is 3.42. The Morgan fingerprint density at radius 3 is 3.21 bits per heavy atom. The summed E-state index contributed by atoms with van der Waals surface area (Å²) in [5.41, 5.74) is 0.122. The van der Waals surface area contributed by atoms with Crippen molar-refractivity contribution in [1.82, 2.24) is 9.55 Å². The Bertz CT molecular complexity index is 359. The summed E-state index contributed by atoms with van der Waals surface area (Å²) in [5, 5.41) is 8.75. The molecule has 0 radical (unpaired) electrons. The summed E-state index contributed by atoms with van der Waals surface area (Å²) in [5.74, 6) is -0.165. The SMILES string of the molecule is CO[C@@H]1CCn2cc(C(=O)O)nc2C1. The van der Waals surface area contributed by atoms with E-state index in [2.05, 4.69) is 4.98 Å². The number of fused-ring (bicyclic) bond motifs is 1. The molecule has 0 fully saturated rings. The van der Waals surface area contributed by atoms with E-state index in [1.54, 1.807) is 13.3 Å². The maximum absolute atomic E-state index is 10.7. The molecule has 0 spiro atoms. The maximum atomic E-state index is 10.7. The Hall–Kier alpha value is -1.36. The van der Waals surface area contributed by atoms with E-state index in [-0.39, 0.29) is 11.8 Å². The normalized spacial score (nSPS) is 20.5. The van der Waals surface area contributed by atoms with Crippen molar-refractivity contribution in [3.63, 3.8) is 0 Å². The molecule has 0 aliphatic carbocycles. The molecule has 1 aromatic heterocycles. The van der Waals surface area contributed by atoms with E-state index < -0.39 is 5.97 Å². The van der Waals surface area contributed by atoms with E-state index >= 15 is 0 Å². The fourth-order valence-electron chi connectivity index (χ4n) is 1.70. The number of methoxy groups -OCH3 is 1. The lowest BCUT2D eigenvalue weighted by molar-refractivity contribution is 0.0690. The van der Waals surface area contributed by atoms with Crippen LogP contribution in [0.4, 0.5) is 0 Å². The number of rotatable bonds is 2. The zero-order valence-corrected chi connectivity index (χ0v) is 7.93. The summed E-state index contributed by atoms with van der Waals surface area (Å²) in [6, 6.07) is 0. The number of carbonyl (C=O) groups is 1. The van der Waals surface area contributed by atoms with Crippen molar-refractivity contribution in [2.45, 2.75) is 25.5 Å². The largest absolute Gasteiger partial charge is 0.476 e. The van der Waals surface area contributed by atoms with Crippen LogP contribution in [0, 0.1) is 0 Å². The van der Waals surface area contributed by atoms with Gasteiger partial charge in [0.1, 0.15) is 5.82 Å². The smallest absolute Gasteiger partial charge is 0.356 e. The number of hydrogen-bond donors (Lipinski definition) is 1. The van der Waals surface area contributed by atoms with Crippen LogP contribution in [-0.4, -0.2) is 33.8 Å². The van der Waals surface area contributed by atoms with E-state index in [4.69, 9.17) is 9.84 Å². The van der Waals surface area contributed by atoms with Crippen molar-refractivity contribution in [1.29, 1.82) is 0 Å². The van der Waals surface area contributed by atoms with Crippen LogP contribution in [0.5, 0.6) is 0 Å². The third-order valence-electron chi connectivity index (χ3n) is 2.51. The minimum absolute atomic E-state index is 0.122. The Kier molecular flexibility index (Phi) is 2.25. The average Bonchev–Trinajstić information content (AvgIpc) is 2.59. The summed E-state index contributed by atoms with van der Waals surface area (Å²) in [6.45, 7) is 0.786. The molecule has 1 N–H and O–H groups in total. The molecule has 1 atom stereocenters. The molecule has 76 valence electrons. The number of aryl methyl sites for hydroxylation is 1. The molecule has 1 aromatic rings. The quantitative estimate of drug-likeness (QED) is 0.749. The second-order valence-electron chi connectivity index (χ2n) is 3.39. The Balaban J connectivity index is 2.25. The first kappa shape index (κ1) is 9.21. The molecule has 0 saturated heterocycles. The molecule has 0 aromatic carbocycles. The van der Waals surface area contributed by atoms with Gasteiger partial charge >= 0.3 is 5.97 Å². The van der Waals surface area contributed by atoms with Gasteiger partial charge in [0, 0.05) is 26.3 Å². The maximum Gasteiger partial charge on any atom is 0.356 e. The predicted molar refractivity (Wildman–Crippen MR) is 48.3 cm³/mol. The molecule has 5 nitrogen and oxygen atoms in total. The zero-order valence-electron chi connectivity index (χ0n) is 7.93. The molecule has 14 heavy (non-hydrogen) atoms. The van der Waals surface area contributed by atoms with Gasteiger partial charge in [0.25, 0.3) is 0 Å². The topological polar surface area (TPSA) is 64.3 Å². The molecule has 2 rings (SSSR count). The molecule has 0 saturated carbocycles. The molecule has 1 aliphatic heterocycles. The van der Waals surface area contributed by atoms with Crippen LogP contribution in [0.1, 0.15) is 22.7 Å². The van der Waals surface area contributed by atoms with Crippen molar-refractivity contribution in [2.75, 3.05) is 7.11 Å². The minimum Gasteiger partial charge on any atom is -0.476 e. The number of nitrogens with zero attached hydrogens (tertiary/aromatic N) is 2. The van der Waals surface area contributed by atoms with Crippen molar-refractivity contribution >= 4 is 5.97 Å². The number of aromatic carboxylic acids is 1.